The fourth-order valence-electron chi connectivity index (χ4n) is 2.04. The maximum absolute atomic E-state index is 12.2. The van der Waals surface area contributed by atoms with Gasteiger partial charge in [-0.3, -0.25) is 4.79 Å². The molecule has 94 valence electrons. The van der Waals surface area contributed by atoms with Gasteiger partial charge in [0.25, 0.3) is 0 Å². The summed E-state index contributed by atoms with van der Waals surface area (Å²) in [6, 6.07) is 7.90. The molecule has 0 saturated carbocycles. The average Bonchev–Trinajstić information content (AvgIpc) is 2.20. The van der Waals surface area contributed by atoms with Crippen LogP contribution in [0.15, 0.2) is 24.3 Å². The molecular weight excluding hydrogens is 234 g/mol. The van der Waals surface area contributed by atoms with E-state index in [4.69, 9.17) is 11.6 Å². The van der Waals surface area contributed by atoms with Crippen molar-refractivity contribution in [3.05, 3.63) is 34.9 Å². The second-order valence-corrected chi connectivity index (χ2v) is 5.23. The molecule has 1 amide bonds. The third-order valence-corrected chi connectivity index (χ3v) is 2.92. The lowest BCUT2D eigenvalue weighted by Crippen LogP contribution is -2.42. The Morgan fingerprint density at radius 3 is 2.00 bits per heavy atom. The van der Waals surface area contributed by atoms with Crippen molar-refractivity contribution in [2.75, 3.05) is 0 Å². The maximum Gasteiger partial charge on any atom is 0.227 e. The molecular formula is C14H20ClNO. The van der Waals surface area contributed by atoms with E-state index in [9.17, 15) is 4.79 Å². The number of amides is 1. The molecule has 0 saturated heterocycles. The first-order valence-electron chi connectivity index (χ1n) is 5.97. The van der Waals surface area contributed by atoms with Crippen LogP contribution in [0, 0.1) is 0 Å². The van der Waals surface area contributed by atoms with E-state index in [0.29, 0.717) is 11.4 Å². The van der Waals surface area contributed by atoms with Gasteiger partial charge < -0.3 is 4.90 Å². The van der Waals surface area contributed by atoms with Crippen LogP contribution in [0.25, 0.3) is 0 Å². The summed E-state index contributed by atoms with van der Waals surface area (Å²) in [5.74, 6) is 0.164. The largest absolute Gasteiger partial charge is 0.338 e. The SMILES string of the molecule is CC(C)N(C(=O)Cc1ccc(Cl)cc1)C(C)C. The molecule has 1 aromatic rings. The number of hydrogen-bond donors (Lipinski definition) is 0. The molecule has 0 aromatic heterocycles. The second-order valence-electron chi connectivity index (χ2n) is 4.79. The molecule has 0 atom stereocenters. The van der Waals surface area contributed by atoms with Crippen LogP contribution in [0.2, 0.25) is 5.02 Å². The molecule has 0 aliphatic rings. The van der Waals surface area contributed by atoms with Crippen LogP contribution < -0.4 is 0 Å². The molecule has 0 spiro atoms. The standard InChI is InChI=1S/C14H20ClNO/c1-10(2)16(11(3)4)14(17)9-12-5-7-13(15)8-6-12/h5-8,10-11H,9H2,1-4H3. The Morgan fingerprint density at radius 2 is 1.59 bits per heavy atom. The predicted molar refractivity (Wildman–Crippen MR) is 72.3 cm³/mol. The van der Waals surface area contributed by atoms with E-state index in [1.165, 1.54) is 0 Å². The van der Waals surface area contributed by atoms with Gasteiger partial charge in [-0.15, -0.1) is 0 Å². The Morgan fingerprint density at radius 1 is 1.12 bits per heavy atom. The van der Waals surface area contributed by atoms with Crippen molar-refractivity contribution in [1.82, 2.24) is 4.90 Å². The highest BCUT2D eigenvalue weighted by Crippen LogP contribution is 2.13. The van der Waals surface area contributed by atoms with E-state index in [0.717, 1.165) is 5.56 Å². The molecule has 1 rings (SSSR count). The fourth-order valence-corrected chi connectivity index (χ4v) is 2.17. The fraction of sp³-hybridized carbons (Fsp3) is 0.500. The van der Waals surface area contributed by atoms with Gasteiger partial charge in [-0.2, -0.15) is 0 Å². The summed E-state index contributed by atoms with van der Waals surface area (Å²) in [4.78, 5) is 14.1. The van der Waals surface area contributed by atoms with E-state index in [1.807, 2.05) is 56.9 Å². The van der Waals surface area contributed by atoms with Crippen LogP contribution in [0.4, 0.5) is 0 Å². The lowest BCUT2D eigenvalue weighted by Gasteiger charge is -2.30. The number of benzene rings is 1. The van der Waals surface area contributed by atoms with E-state index >= 15 is 0 Å². The van der Waals surface area contributed by atoms with Gasteiger partial charge in [0.05, 0.1) is 6.42 Å². The molecule has 0 N–H and O–H groups in total. The summed E-state index contributed by atoms with van der Waals surface area (Å²) in [6.07, 6.45) is 0.438. The number of hydrogen-bond acceptors (Lipinski definition) is 1. The summed E-state index contributed by atoms with van der Waals surface area (Å²) in [5.41, 5.74) is 1.01. The molecule has 0 aliphatic carbocycles. The first kappa shape index (κ1) is 14.0. The third kappa shape index (κ3) is 4.04. The topological polar surface area (TPSA) is 20.3 Å². The van der Waals surface area contributed by atoms with Crippen molar-refractivity contribution >= 4 is 17.5 Å². The molecule has 1 aromatic carbocycles. The van der Waals surface area contributed by atoms with E-state index in [2.05, 4.69) is 0 Å². The molecule has 3 heteroatoms. The minimum Gasteiger partial charge on any atom is -0.338 e. The third-order valence-electron chi connectivity index (χ3n) is 2.67. The zero-order valence-electron chi connectivity index (χ0n) is 10.9. The van der Waals surface area contributed by atoms with Gasteiger partial charge in [0, 0.05) is 17.1 Å². The number of nitrogens with zero attached hydrogens (tertiary/aromatic N) is 1. The molecule has 0 unspecified atom stereocenters. The van der Waals surface area contributed by atoms with Crippen LogP contribution >= 0.6 is 11.6 Å². The van der Waals surface area contributed by atoms with Gasteiger partial charge in [0.2, 0.25) is 5.91 Å². The Kier molecular flexibility index (Phi) is 5.01. The van der Waals surface area contributed by atoms with Gasteiger partial charge in [-0.25, -0.2) is 0 Å². The first-order chi connectivity index (χ1) is 7.91. The van der Waals surface area contributed by atoms with Crippen molar-refractivity contribution in [1.29, 1.82) is 0 Å². The van der Waals surface area contributed by atoms with Crippen LogP contribution in [0.5, 0.6) is 0 Å². The highest BCUT2D eigenvalue weighted by Gasteiger charge is 2.19. The Labute approximate surface area is 109 Å². The number of carbonyl (C=O) groups is 1. The van der Waals surface area contributed by atoms with Gasteiger partial charge >= 0.3 is 0 Å². The van der Waals surface area contributed by atoms with Crippen LogP contribution in [-0.4, -0.2) is 22.9 Å². The summed E-state index contributed by atoms with van der Waals surface area (Å²) in [6.45, 7) is 8.17. The van der Waals surface area contributed by atoms with E-state index in [-0.39, 0.29) is 18.0 Å². The van der Waals surface area contributed by atoms with E-state index in [1.54, 1.807) is 0 Å². The minimum absolute atomic E-state index is 0.164. The minimum atomic E-state index is 0.164. The van der Waals surface area contributed by atoms with Crippen LogP contribution in [0.1, 0.15) is 33.3 Å². The lowest BCUT2D eigenvalue weighted by atomic mass is 10.1. The zero-order valence-corrected chi connectivity index (χ0v) is 11.7. The quantitative estimate of drug-likeness (QED) is 0.804. The van der Waals surface area contributed by atoms with Crippen molar-refractivity contribution < 1.29 is 4.79 Å². The summed E-state index contributed by atoms with van der Waals surface area (Å²) in [5, 5.41) is 0.700. The highest BCUT2D eigenvalue weighted by molar-refractivity contribution is 6.30. The summed E-state index contributed by atoms with van der Waals surface area (Å²) < 4.78 is 0. The lowest BCUT2D eigenvalue weighted by molar-refractivity contribution is -0.134. The normalized spacial score (nSPS) is 11.0. The number of rotatable bonds is 4. The van der Waals surface area contributed by atoms with Gasteiger partial charge in [-0.1, -0.05) is 23.7 Å². The zero-order chi connectivity index (χ0) is 13.0. The molecule has 0 heterocycles. The smallest absolute Gasteiger partial charge is 0.227 e. The van der Waals surface area contributed by atoms with Crippen molar-refractivity contribution in [3.63, 3.8) is 0 Å². The molecule has 0 bridgehead atoms. The van der Waals surface area contributed by atoms with Gasteiger partial charge in [0.15, 0.2) is 0 Å². The Balaban J connectivity index is 2.73. The molecule has 0 aliphatic heterocycles. The summed E-state index contributed by atoms with van der Waals surface area (Å²) >= 11 is 5.82. The summed E-state index contributed by atoms with van der Waals surface area (Å²) in [7, 11) is 0. The van der Waals surface area contributed by atoms with Crippen molar-refractivity contribution in [2.45, 2.75) is 46.2 Å². The molecule has 17 heavy (non-hydrogen) atoms. The van der Waals surface area contributed by atoms with E-state index < -0.39 is 0 Å². The first-order valence-corrected chi connectivity index (χ1v) is 6.35. The predicted octanol–water partition coefficient (Wildman–Crippen LogP) is 3.53. The highest BCUT2D eigenvalue weighted by atomic mass is 35.5. The van der Waals surface area contributed by atoms with Crippen molar-refractivity contribution in [2.24, 2.45) is 0 Å². The van der Waals surface area contributed by atoms with Gasteiger partial charge in [0.1, 0.15) is 0 Å². The Bertz CT molecular complexity index is 362. The number of halogens is 1. The second kappa shape index (κ2) is 6.06. The molecule has 2 nitrogen and oxygen atoms in total. The van der Waals surface area contributed by atoms with Gasteiger partial charge in [-0.05, 0) is 45.4 Å². The molecule has 0 fully saturated rings. The van der Waals surface area contributed by atoms with Crippen LogP contribution in [-0.2, 0) is 11.2 Å². The van der Waals surface area contributed by atoms with Crippen LogP contribution in [0.3, 0.4) is 0 Å². The monoisotopic (exact) mass is 253 g/mol. The average molecular weight is 254 g/mol. The Hall–Kier alpha value is -1.02. The molecule has 0 radical (unpaired) electrons. The maximum atomic E-state index is 12.2. The number of carbonyl (C=O) groups excluding carboxylic acids is 1. The van der Waals surface area contributed by atoms with Crippen molar-refractivity contribution in [3.8, 4) is 0 Å².